The summed E-state index contributed by atoms with van der Waals surface area (Å²) < 4.78 is 7.41. The standard InChI is InChI=1S/C19H24N6O3/c1-5-9-28-14-8-7-12(25(6-2)19(20)27)10-13(14)16-21-17-15(18(26)22-16)11(3)23-24(17)4/h7-8,10H,5-6,9H2,1-4H3,(H2,20,27)(H,21,22,26). The second-order valence-electron chi connectivity index (χ2n) is 6.43. The number of hydrogen-bond acceptors (Lipinski definition) is 5. The number of nitrogens with zero attached hydrogens (tertiary/aromatic N) is 4. The molecule has 0 aliphatic carbocycles. The summed E-state index contributed by atoms with van der Waals surface area (Å²) in [6.07, 6.45) is 0.827. The quantitative estimate of drug-likeness (QED) is 0.676. The van der Waals surface area contributed by atoms with E-state index in [1.807, 2.05) is 13.8 Å². The number of nitrogens with two attached hydrogens (primary N) is 1. The van der Waals surface area contributed by atoms with Gasteiger partial charge in [-0.2, -0.15) is 5.10 Å². The molecule has 0 spiro atoms. The van der Waals surface area contributed by atoms with E-state index in [9.17, 15) is 9.59 Å². The predicted octanol–water partition coefficient (Wildman–Crippen LogP) is 2.33. The molecular formula is C19H24N6O3. The number of anilines is 1. The van der Waals surface area contributed by atoms with Gasteiger partial charge in [-0.3, -0.25) is 9.69 Å². The van der Waals surface area contributed by atoms with Crippen molar-refractivity contribution in [2.45, 2.75) is 27.2 Å². The van der Waals surface area contributed by atoms with Crippen LogP contribution in [0, 0.1) is 6.92 Å². The van der Waals surface area contributed by atoms with Crippen LogP contribution in [0.15, 0.2) is 23.0 Å². The number of amides is 2. The molecule has 9 nitrogen and oxygen atoms in total. The number of benzene rings is 1. The average Bonchev–Trinajstić information content (AvgIpc) is 2.95. The molecule has 148 valence electrons. The normalized spacial score (nSPS) is 11.0. The number of primary amides is 1. The number of aryl methyl sites for hydroxylation is 2. The molecule has 3 aromatic rings. The molecule has 0 unspecified atom stereocenters. The van der Waals surface area contributed by atoms with Crippen LogP contribution in [-0.2, 0) is 7.05 Å². The molecule has 0 fully saturated rings. The molecule has 0 saturated heterocycles. The van der Waals surface area contributed by atoms with Gasteiger partial charge < -0.3 is 15.5 Å². The highest BCUT2D eigenvalue weighted by atomic mass is 16.5. The van der Waals surface area contributed by atoms with Gasteiger partial charge in [0.25, 0.3) is 5.56 Å². The summed E-state index contributed by atoms with van der Waals surface area (Å²) in [5.41, 5.74) is 7.46. The Kier molecular flexibility index (Phi) is 5.34. The fourth-order valence-electron chi connectivity index (χ4n) is 3.15. The van der Waals surface area contributed by atoms with E-state index in [2.05, 4.69) is 15.1 Å². The van der Waals surface area contributed by atoms with Crippen molar-refractivity contribution in [3.63, 3.8) is 0 Å². The molecule has 2 amide bonds. The minimum atomic E-state index is -0.560. The van der Waals surface area contributed by atoms with Crippen molar-refractivity contribution >= 4 is 22.8 Å². The largest absolute Gasteiger partial charge is 0.493 e. The van der Waals surface area contributed by atoms with Crippen LogP contribution < -0.4 is 20.9 Å². The van der Waals surface area contributed by atoms with Gasteiger partial charge in [0.1, 0.15) is 17.0 Å². The Morgan fingerprint density at radius 1 is 1.36 bits per heavy atom. The molecule has 2 aromatic heterocycles. The maximum absolute atomic E-state index is 12.6. The van der Waals surface area contributed by atoms with E-state index < -0.39 is 6.03 Å². The van der Waals surface area contributed by atoms with Crippen LogP contribution in [0.4, 0.5) is 10.5 Å². The lowest BCUT2D eigenvalue weighted by Crippen LogP contribution is -2.35. The number of H-pyrrole nitrogens is 1. The van der Waals surface area contributed by atoms with Crippen LogP contribution >= 0.6 is 0 Å². The highest BCUT2D eigenvalue weighted by Gasteiger charge is 2.18. The second kappa shape index (κ2) is 7.71. The first kappa shape index (κ1) is 19.4. The number of aromatic nitrogens is 4. The van der Waals surface area contributed by atoms with Crippen LogP contribution in [0.1, 0.15) is 26.0 Å². The van der Waals surface area contributed by atoms with Crippen molar-refractivity contribution < 1.29 is 9.53 Å². The molecule has 3 N–H and O–H groups in total. The van der Waals surface area contributed by atoms with Gasteiger partial charge in [-0.1, -0.05) is 6.92 Å². The topological polar surface area (TPSA) is 119 Å². The van der Waals surface area contributed by atoms with Crippen molar-refractivity contribution in [1.82, 2.24) is 19.7 Å². The van der Waals surface area contributed by atoms with Crippen LogP contribution in [-0.4, -0.2) is 38.9 Å². The monoisotopic (exact) mass is 384 g/mol. The van der Waals surface area contributed by atoms with Gasteiger partial charge in [0, 0.05) is 19.3 Å². The lowest BCUT2D eigenvalue weighted by atomic mass is 10.1. The molecule has 0 saturated carbocycles. The molecule has 0 radical (unpaired) electrons. The Bertz CT molecular complexity index is 1090. The van der Waals surface area contributed by atoms with E-state index in [1.165, 1.54) is 4.90 Å². The number of hydrogen-bond donors (Lipinski definition) is 2. The summed E-state index contributed by atoms with van der Waals surface area (Å²) in [7, 11) is 1.74. The molecule has 3 rings (SSSR count). The fraction of sp³-hybridized carbons (Fsp3) is 0.368. The molecule has 0 atom stereocenters. The highest BCUT2D eigenvalue weighted by Crippen LogP contribution is 2.32. The van der Waals surface area contributed by atoms with E-state index in [1.54, 1.807) is 36.9 Å². The van der Waals surface area contributed by atoms with Gasteiger partial charge in [0.05, 0.1) is 17.9 Å². The Hall–Kier alpha value is -3.36. The summed E-state index contributed by atoms with van der Waals surface area (Å²) in [6, 6.07) is 4.69. The molecule has 1 aromatic carbocycles. The molecule has 0 aliphatic rings. The first-order valence-corrected chi connectivity index (χ1v) is 9.15. The summed E-state index contributed by atoms with van der Waals surface area (Å²) >= 11 is 0. The predicted molar refractivity (Wildman–Crippen MR) is 108 cm³/mol. The van der Waals surface area contributed by atoms with Crippen molar-refractivity contribution in [1.29, 1.82) is 0 Å². The molecule has 28 heavy (non-hydrogen) atoms. The van der Waals surface area contributed by atoms with E-state index in [0.717, 1.165) is 6.42 Å². The third-order valence-electron chi connectivity index (χ3n) is 4.44. The van der Waals surface area contributed by atoms with Crippen molar-refractivity contribution in [2.75, 3.05) is 18.1 Å². The molecule has 0 bridgehead atoms. The maximum Gasteiger partial charge on any atom is 0.319 e. The maximum atomic E-state index is 12.6. The summed E-state index contributed by atoms with van der Waals surface area (Å²) in [6.45, 7) is 6.52. The van der Waals surface area contributed by atoms with Gasteiger partial charge in [-0.25, -0.2) is 14.5 Å². The van der Waals surface area contributed by atoms with Gasteiger partial charge in [-0.05, 0) is 38.5 Å². The number of rotatable bonds is 6. The smallest absolute Gasteiger partial charge is 0.319 e. The molecule has 9 heteroatoms. The molecule has 0 aliphatic heterocycles. The lowest BCUT2D eigenvalue weighted by Gasteiger charge is -2.20. The second-order valence-corrected chi connectivity index (χ2v) is 6.43. The van der Waals surface area contributed by atoms with Gasteiger partial charge >= 0.3 is 6.03 Å². The van der Waals surface area contributed by atoms with Crippen molar-refractivity contribution in [3.8, 4) is 17.1 Å². The number of fused-ring (bicyclic) bond motifs is 1. The number of carbonyl (C=O) groups is 1. The Labute approximate surface area is 162 Å². The SMILES string of the molecule is CCCOc1ccc(N(CC)C(N)=O)cc1-c1nc2c(c(C)nn2C)c(=O)[nH]1. The zero-order chi connectivity index (χ0) is 20.4. The van der Waals surface area contributed by atoms with E-state index >= 15 is 0 Å². The molecule has 2 heterocycles. The highest BCUT2D eigenvalue weighted by molar-refractivity contribution is 5.92. The Morgan fingerprint density at radius 3 is 2.75 bits per heavy atom. The number of urea groups is 1. The van der Waals surface area contributed by atoms with Crippen molar-refractivity contribution in [2.24, 2.45) is 12.8 Å². The van der Waals surface area contributed by atoms with Gasteiger partial charge in [0.2, 0.25) is 0 Å². The average molecular weight is 384 g/mol. The summed E-state index contributed by atoms with van der Waals surface area (Å²) in [5.74, 6) is 0.904. The van der Waals surface area contributed by atoms with Crippen LogP contribution in [0.2, 0.25) is 0 Å². The third kappa shape index (κ3) is 3.42. The number of carbonyl (C=O) groups excluding carboxylic acids is 1. The first-order valence-electron chi connectivity index (χ1n) is 9.15. The number of aromatic amines is 1. The fourth-order valence-corrected chi connectivity index (χ4v) is 3.15. The zero-order valence-corrected chi connectivity index (χ0v) is 16.4. The zero-order valence-electron chi connectivity index (χ0n) is 16.4. The Morgan fingerprint density at radius 2 is 2.11 bits per heavy atom. The summed E-state index contributed by atoms with van der Waals surface area (Å²) in [5, 5.41) is 4.72. The minimum absolute atomic E-state index is 0.278. The summed E-state index contributed by atoms with van der Waals surface area (Å²) in [4.78, 5) is 33.2. The first-order chi connectivity index (χ1) is 13.4. The van der Waals surface area contributed by atoms with Crippen molar-refractivity contribution in [3.05, 3.63) is 34.2 Å². The number of ether oxygens (including phenoxy) is 1. The van der Waals surface area contributed by atoms with E-state index in [0.29, 0.717) is 52.7 Å². The minimum Gasteiger partial charge on any atom is -0.493 e. The van der Waals surface area contributed by atoms with Crippen LogP contribution in [0.25, 0.3) is 22.4 Å². The Balaban J connectivity index is 2.23. The third-order valence-corrected chi connectivity index (χ3v) is 4.44. The van der Waals surface area contributed by atoms with Crippen LogP contribution in [0.3, 0.4) is 0 Å². The van der Waals surface area contributed by atoms with Crippen LogP contribution in [0.5, 0.6) is 5.75 Å². The van der Waals surface area contributed by atoms with Gasteiger partial charge in [0.15, 0.2) is 5.65 Å². The van der Waals surface area contributed by atoms with E-state index in [-0.39, 0.29) is 5.56 Å². The molecular weight excluding hydrogens is 360 g/mol. The lowest BCUT2D eigenvalue weighted by molar-refractivity contribution is 0.254. The van der Waals surface area contributed by atoms with E-state index in [4.69, 9.17) is 10.5 Å². The number of nitrogens with one attached hydrogen (secondary N) is 1. The van der Waals surface area contributed by atoms with Gasteiger partial charge in [-0.15, -0.1) is 0 Å².